The second-order valence-electron chi connectivity index (χ2n) is 8.48. The Morgan fingerprint density at radius 3 is 2.68 bits per heavy atom. The predicted octanol–water partition coefficient (Wildman–Crippen LogP) is 3.86. The van der Waals surface area contributed by atoms with Crippen molar-refractivity contribution in [3.05, 3.63) is 52.8 Å². The van der Waals surface area contributed by atoms with E-state index in [1.165, 1.54) is 11.1 Å². The number of nitrogens with zero attached hydrogens (tertiary/aromatic N) is 2. The number of hydrogen-bond donors (Lipinski definition) is 1. The number of fused-ring (bicyclic) bond motifs is 4. The van der Waals surface area contributed by atoms with Gasteiger partial charge in [-0.1, -0.05) is 24.3 Å². The zero-order chi connectivity index (χ0) is 18.9. The minimum Gasteiger partial charge on any atom is -0.484 e. The van der Waals surface area contributed by atoms with Gasteiger partial charge in [-0.05, 0) is 43.4 Å². The molecule has 6 rings (SSSR count). The van der Waals surface area contributed by atoms with Crippen LogP contribution in [0.15, 0.2) is 30.3 Å². The van der Waals surface area contributed by atoms with Crippen molar-refractivity contribution in [3.8, 4) is 5.75 Å². The summed E-state index contributed by atoms with van der Waals surface area (Å²) in [5, 5.41) is 0. The van der Waals surface area contributed by atoms with Gasteiger partial charge in [0.1, 0.15) is 16.9 Å². The number of benzene rings is 2. The fraction of sp³-hybridized carbons (Fsp3) is 0.391. The number of carbonyl (C=O) groups is 1. The van der Waals surface area contributed by atoms with Crippen LogP contribution in [-0.2, 0) is 24.1 Å². The Morgan fingerprint density at radius 1 is 1.18 bits per heavy atom. The fourth-order valence-electron chi connectivity index (χ4n) is 5.29. The van der Waals surface area contributed by atoms with Gasteiger partial charge >= 0.3 is 0 Å². The van der Waals surface area contributed by atoms with Crippen molar-refractivity contribution in [2.24, 2.45) is 0 Å². The van der Waals surface area contributed by atoms with Gasteiger partial charge in [0.05, 0.1) is 11.2 Å². The lowest BCUT2D eigenvalue weighted by Crippen LogP contribution is -2.41. The molecule has 1 amide bonds. The summed E-state index contributed by atoms with van der Waals surface area (Å²) in [5.74, 6) is 1.97. The molecule has 1 spiro atoms. The third-order valence-corrected chi connectivity index (χ3v) is 6.59. The van der Waals surface area contributed by atoms with E-state index in [1.54, 1.807) is 0 Å². The molecule has 1 fully saturated rings. The minimum atomic E-state index is -0.190. The second kappa shape index (κ2) is 5.60. The number of aromatic amines is 1. The van der Waals surface area contributed by atoms with Gasteiger partial charge in [0.2, 0.25) is 5.91 Å². The van der Waals surface area contributed by atoms with E-state index in [2.05, 4.69) is 35.3 Å². The maximum atomic E-state index is 12.5. The molecule has 0 bridgehead atoms. The van der Waals surface area contributed by atoms with Gasteiger partial charge in [0.15, 0.2) is 5.75 Å². The van der Waals surface area contributed by atoms with Crippen molar-refractivity contribution in [1.82, 2.24) is 9.97 Å². The quantitative estimate of drug-likeness (QED) is 0.705. The average molecular weight is 373 g/mol. The van der Waals surface area contributed by atoms with Crippen LogP contribution in [-0.4, -0.2) is 28.0 Å². The third-order valence-electron chi connectivity index (χ3n) is 6.59. The minimum absolute atomic E-state index is 0.190. The molecule has 2 aliphatic heterocycles. The largest absolute Gasteiger partial charge is 0.484 e. The van der Waals surface area contributed by atoms with Crippen molar-refractivity contribution in [2.45, 2.75) is 51.0 Å². The molecule has 0 saturated carbocycles. The lowest BCUT2D eigenvalue weighted by molar-refractivity contribution is -0.117. The van der Waals surface area contributed by atoms with E-state index in [4.69, 9.17) is 9.72 Å². The van der Waals surface area contributed by atoms with E-state index < -0.39 is 0 Å². The average Bonchev–Trinajstić information content (AvgIpc) is 3.36. The number of anilines is 1. The molecule has 2 aromatic carbocycles. The molecule has 5 nitrogen and oxygen atoms in total. The van der Waals surface area contributed by atoms with Gasteiger partial charge in [-0.15, -0.1) is 0 Å². The SMILES string of the molecule is Cc1nc2c3c(c(N4CCCC4=O)cc2[nH]1)CCC1(Cc2ccccc2C1)O3. The molecule has 1 saturated heterocycles. The number of rotatable bonds is 1. The van der Waals surface area contributed by atoms with E-state index in [9.17, 15) is 4.79 Å². The normalized spacial score (nSPS) is 19.9. The Morgan fingerprint density at radius 2 is 1.96 bits per heavy atom. The van der Waals surface area contributed by atoms with Crippen molar-refractivity contribution in [3.63, 3.8) is 0 Å². The van der Waals surface area contributed by atoms with E-state index in [1.807, 2.05) is 11.8 Å². The van der Waals surface area contributed by atoms with Gasteiger partial charge < -0.3 is 14.6 Å². The number of nitrogens with one attached hydrogen (secondary N) is 1. The van der Waals surface area contributed by atoms with Crippen LogP contribution in [0.25, 0.3) is 11.0 Å². The van der Waals surface area contributed by atoms with Crippen LogP contribution >= 0.6 is 0 Å². The van der Waals surface area contributed by atoms with E-state index in [0.717, 1.165) is 72.5 Å². The van der Waals surface area contributed by atoms with Gasteiger partial charge in [0, 0.05) is 31.4 Å². The van der Waals surface area contributed by atoms with E-state index in [-0.39, 0.29) is 11.5 Å². The predicted molar refractivity (Wildman–Crippen MR) is 108 cm³/mol. The number of H-pyrrole nitrogens is 1. The van der Waals surface area contributed by atoms with Crippen LogP contribution in [0.2, 0.25) is 0 Å². The van der Waals surface area contributed by atoms with Gasteiger partial charge in [-0.2, -0.15) is 0 Å². The Balaban J connectivity index is 1.49. The van der Waals surface area contributed by atoms with Crippen molar-refractivity contribution in [1.29, 1.82) is 0 Å². The van der Waals surface area contributed by atoms with Gasteiger partial charge in [0.25, 0.3) is 0 Å². The third kappa shape index (κ3) is 2.25. The zero-order valence-corrected chi connectivity index (χ0v) is 16.0. The fourth-order valence-corrected chi connectivity index (χ4v) is 5.29. The van der Waals surface area contributed by atoms with E-state index in [0.29, 0.717) is 6.42 Å². The van der Waals surface area contributed by atoms with Crippen LogP contribution < -0.4 is 9.64 Å². The molecule has 1 aromatic heterocycles. The van der Waals surface area contributed by atoms with Crippen LogP contribution in [0.5, 0.6) is 5.75 Å². The Labute approximate surface area is 163 Å². The maximum absolute atomic E-state index is 12.5. The van der Waals surface area contributed by atoms with Crippen LogP contribution in [0.1, 0.15) is 41.8 Å². The zero-order valence-electron chi connectivity index (χ0n) is 16.0. The summed E-state index contributed by atoms with van der Waals surface area (Å²) in [6.07, 6.45) is 5.34. The standard InChI is InChI=1S/C23H23N3O2/c1-14-24-18-11-19(26-10-4-7-20(26)27)17-8-9-23(28-22(17)21(18)25-14)12-15-5-2-3-6-16(15)13-23/h2-3,5-6,11H,4,7-10,12-13H2,1H3,(H,24,25). The number of carbonyl (C=O) groups excluding carboxylic acids is 1. The van der Waals surface area contributed by atoms with Crippen LogP contribution in [0.4, 0.5) is 5.69 Å². The van der Waals surface area contributed by atoms with Crippen molar-refractivity contribution in [2.75, 3.05) is 11.4 Å². The molecule has 142 valence electrons. The summed E-state index contributed by atoms with van der Waals surface area (Å²) < 4.78 is 6.80. The number of aromatic nitrogens is 2. The smallest absolute Gasteiger partial charge is 0.227 e. The molecule has 1 N–H and O–H groups in total. The first-order valence-electron chi connectivity index (χ1n) is 10.2. The van der Waals surface area contributed by atoms with Crippen molar-refractivity contribution >= 4 is 22.6 Å². The highest BCUT2D eigenvalue weighted by Gasteiger charge is 2.44. The first-order valence-corrected chi connectivity index (χ1v) is 10.2. The second-order valence-corrected chi connectivity index (χ2v) is 8.48. The highest BCUT2D eigenvalue weighted by molar-refractivity contribution is 6.00. The molecular formula is C23H23N3O2. The molecule has 3 aromatic rings. The van der Waals surface area contributed by atoms with Crippen LogP contribution in [0, 0.1) is 6.92 Å². The molecule has 0 unspecified atom stereocenters. The number of imidazole rings is 1. The molecule has 28 heavy (non-hydrogen) atoms. The Kier molecular flexibility index (Phi) is 3.23. The van der Waals surface area contributed by atoms with Crippen molar-refractivity contribution < 1.29 is 9.53 Å². The maximum Gasteiger partial charge on any atom is 0.227 e. The highest BCUT2D eigenvalue weighted by atomic mass is 16.5. The lowest BCUT2D eigenvalue weighted by Gasteiger charge is -2.37. The topological polar surface area (TPSA) is 58.2 Å². The molecule has 0 radical (unpaired) electrons. The summed E-state index contributed by atoms with van der Waals surface area (Å²) >= 11 is 0. The monoisotopic (exact) mass is 373 g/mol. The molecule has 5 heteroatoms. The lowest BCUT2D eigenvalue weighted by atomic mass is 9.87. The number of aryl methyl sites for hydroxylation is 1. The number of hydrogen-bond acceptors (Lipinski definition) is 3. The number of ether oxygens (including phenoxy) is 1. The summed E-state index contributed by atoms with van der Waals surface area (Å²) in [4.78, 5) is 22.5. The Hall–Kier alpha value is -2.82. The molecular weight excluding hydrogens is 350 g/mol. The first kappa shape index (κ1) is 16.2. The Bertz CT molecular complexity index is 1110. The molecule has 0 atom stereocenters. The number of amides is 1. The van der Waals surface area contributed by atoms with E-state index >= 15 is 0 Å². The summed E-state index contributed by atoms with van der Waals surface area (Å²) in [7, 11) is 0. The highest BCUT2D eigenvalue weighted by Crippen LogP contribution is 2.48. The van der Waals surface area contributed by atoms with Gasteiger partial charge in [-0.3, -0.25) is 4.79 Å². The first-order chi connectivity index (χ1) is 13.6. The summed E-state index contributed by atoms with van der Waals surface area (Å²) in [6, 6.07) is 10.8. The molecule has 1 aliphatic carbocycles. The van der Waals surface area contributed by atoms with Crippen LogP contribution in [0.3, 0.4) is 0 Å². The summed E-state index contributed by atoms with van der Waals surface area (Å²) in [6.45, 7) is 2.76. The summed E-state index contributed by atoms with van der Waals surface area (Å²) in [5.41, 5.74) is 6.62. The molecule has 3 heterocycles. The van der Waals surface area contributed by atoms with Gasteiger partial charge in [-0.25, -0.2) is 4.98 Å². The molecule has 3 aliphatic rings.